The van der Waals surface area contributed by atoms with Crippen LogP contribution in [0.3, 0.4) is 0 Å². The molecule has 1 saturated heterocycles. The van der Waals surface area contributed by atoms with Crippen LogP contribution in [0.15, 0.2) is 0 Å². The maximum Gasteiger partial charge on any atom is 0.325 e. The van der Waals surface area contributed by atoms with Crippen molar-refractivity contribution in [2.75, 3.05) is 13.7 Å². The lowest BCUT2D eigenvalue weighted by molar-refractivity contribution is -0.150. The van der Waals surface area contributed by atoms with E-state index in [0.29, 0.717) is 12.3 Å². The Bertz CT molecular complexity index is 277. The van der Waals surface area contributed by atoms with Crippen molar-refractivity contribution in [1.82, 2.24) is 4.90 Å². The summed E-state index contributed by atoms with van der Waals surface area (Å²) in [5.41, 5.74) is 0. The van der Waals surface area contributed by atoms with Gasteiger partial charge < -0.3 is 14.7 Å². The maximum atomic E-state index is 11.9. The van der Waals surface area contributed by atoms with Crippen LogP contribution in [0, 0.1) is 11.8 Å². The third-order valence-corrected chi connectivity index (χ3v) is 2.77. The first-order valence-electron chi connectivity index (χ1n) is 5.51. The zero-order valence-corrected chi connectivity index (χ0v) is 9.97. The van der Waals surface area contributed by atoms with Crippen molar-refractivity contribution in [1.29, 1.82) is 0 Å². The van der Waals surface area contributed by atoms with Gasteiger partial charge in [-0.05, 0) is 12.3 Å². The number of hydrogen-bond donors (Lipinski definition) is 1. The molecule has 5 heteroatoms. The van der Waals surface area contributed by atoms with E-state index in [1.165, 1.54) is 12.0 Å². The van der Waals surface area contributed by atoms with Crippen LogP contribution in [0.2, 0.25) is 0 Å². The van der Waals surface area contributed by atoms with Crippen LogP contribution in [0.25, 0.3) is 0 Å². The summed E-state index contributed by atoms with van der Waals surface area (Å²) in [6.07, 6.45) is 0.303. The van der Waals surface area contributed by atoms with Gasteiger partial charge in [-0.15, -0.1) is 0 Å². The number of methoxy groups -OCH3 is 1. The Morgan fingerprint density at radius 2 is 2.25 bits per heavy atom. The number of likely N-dealkylation sites (tertiary alicyclic amines) is 1. The number of hydrogen-bond acceptors (Lipinski definition) is 4. The molecule has 0 aliphatic carbocycles. The van der Waals surface area contributed by atoms with Crippen LogP contribution in [-0.2, 0) is 14.3 Å². The molecule has 1 unspecified atom stereocenters. The fourth-order valence-corrected chi connectivity index (χ4v) is 2.02. The lowest BCUT2D eigenvalue weighted by atomic mass is 9.96. The van der Waals surface area contributed by atoms with Crippen LogP contribution in [0.4, 0.5) is 0 Å². The predicted molar refractivity (Wildman–Crippen MR) is 57.3 cm³/mol. The van der Waals surface area contributed by atoms with Crippen molar-refractivity contribution in [3.63, 3.8) is 0 Å². The first kappa shape index (κ1) is 13.0. The molecule has 1 heterocycles. The molecule has 1 N–H and O–H groups in total. The van der Waals surface area contributed by atoms with Crippen LogP contribution < -0.4 is 0 Å². The summed E-state index contributed by atoms with van der Waals surface area (Å²) in [7, 11) is 1.26. The van der Waals surface area contributed by atoms with Crippen LogP contribution in [0.1, 0.15) is 26.7 Å². The predicted octanol–water partition coefficient (Wildman–Crippen LogP) is 0.372. The summed E-state index contributed by atoms with van der Waals surface area (Å²) in [6.45, 7) is 3.90. The summed E-state index contributed by atoms with van der Waals surface area (Å²) >= 11 is 0. The zero-order chi connectivity index (χ0) is 12.3. The van der Waals surface area contributed by atoms with Gasteiger partial charge in [-0.25, -0.2) is 0 Å². The van der Waals surface area contributed by atoms with E-state index >= 15 is 0 Å². The molecule has 0 spiro atoms. The van der Waals surface area contributed by atoms with Crippen molar-refractivity contribution >= 4 is 11.9 Å². The topological polar surface area (TPSA) is 66.8 Å². The maximum absolute atomic E-state index is 11.9. The molecule has 0 aromatic carbocycles. The number of aliphatic hydroxyl groups is 1. The van der Waals surface area contributed by atoms with Gasteiger partial charge in [-0.3, -0.25) is 9.59 Å². The standard InChI is InChI=1S/C11H19NO4/c1-7(2)4-8-5-9(13)12(11(8)15)6-10(14)16-3/h7-9,13H,4-6H2,1-3H3/t8-,9?/m0/s1. The molecule has 0 bridgehead atoms. The Kier molecular flexibility index (Phi) is 4.29. The molecule has 1 aliphatic rings. The van der Waals surface area contributed by atoms with E-state index in [1.807, 2.05) is 13.8 Å². The third-order valence-electron chi connectivity index (χ3n) is 2.77. The Morgan fingerprint density at radius 3 is 2.75 bits per heavy atom. The fourth-order valence-electron chi connectivity index (χ4n) is 2.02. The SMILES string of the molecule is COC(=O)CN1C(=O)[C@@H](CC(C)C)CC1O. The van der Waals surface area contributed by atoms with E-state index in [1.54, 1.807) is 0 Å². The largest absolute Gasteiger partial charge is 0.468 e. The van der Waals surface area contributed by atoms with Gasteiger partial charge in [0.15, 0.2) is 0 Å². The van der Waals surface area contributed by atoms with Crippen molar-refractivity contribution < 1.29 is 19.4 Å². The average Bonchev–Trinajstić information content (AvgIpc) is 2.45. The van der Waals surface area contributed by atoms with Crippen LogP contribution in [0.5, 0.6) is 0 Å². The first-order chi connectivity index (χ1) is 7.45. The van der Waals surface area contributed by atoms with Crippen molar-refractivity contribution in [2.45, 2.75) is 32.9 Å². The number of esters is 1. The number of rotatable bonds is 4. The minimum atomic E-state index is -0.852. The molecule has 1 aliphatic heterocycles. The summed E-state index contributed by atoms with van der Waals surface area (Å²) in [5.74, 6) is -0.414. The highest BCUT2D eigenvalue weighted by Gasteiger charge is 2.39. The van der Waals surface area contributed by atoms with Crippen molar-refractivity contribution in [3.8, 4) is 0 Å². The van der Waals surface area contributed by atoms with Gasteiger partial charge in [-0.2, -0.15) is 0 Å². The molecule has 1 amide bonds. The lowest BCUT2D eigenvalue weighted by Crippen LogP contribution is -2.38. The fraction of sp³-hybridized carbons (Fsp3) is 0.818. The number of carbonyl (C=O) groups excluding carboxylic acids is 2. The molecule has 16 heavy (non-hydrogen) atoms. The number of aliphatic hydroxyl groups excluding tert-OH is 1. The number of amides is 1. The molecule has 92 valence electrons. The van der Waals surface area contributed by atoms with Gasteiger partial charge in [0.25, 0.3) is 0 Å². The van der Waals surface area contributed by atoms with Gasteiger partial charge in [0, 0.05) is 12.3 Å². The molecule has 1 fully saturated rings. The van der Waals surface area contributed by atoms with Gasteiger partial charge in [0.1, 0.15) is 12.8 Å². The summed E-state index contributed by atoms with van der Waals surface area (Å²) in [5, 5.41) is 9.68. The Hall–Kier alpha value is -1.10. The average molecular weight is 229 g/mol. The minimum Gasteiger partial charge on any atom is -0.468 e. The Balaban J connectivity index is 2.60. The molecule has 5 nitrogen and oxygen atoms in total. The first-order valence-corrected chi connectivity index (χ1v) is 5.51. The molecule has 1 rings (SSSR count). The highest BCUT2D eigenvalue weighted by atomic mass is 16.5. The van der Waals surface area contributed by atoms with Crippen molar-refractivity contribution in [2.24, 2.45) is 11.8 Å². The number of ether oxygens (including phenoxy) is 1. The van der Waals surface area contributed by atoms with E-state index in [-0.39, 0.29) is 18.4 Å². The molecule has 0 aromatic heterocycles. The zero-order valence-electron chi connectivity index (χ0n) is 9.97. The second kappa shape index (κ2) is 5.30. The molecule has 0 saturated carbocycles. The van der Waals surface area contributed by atoms with Crippen LogP contribution >= 0.6 is 0 Å². The highest BCUT2D eigenvalue weighted by Crippen LogP contribution is 2.28. The van der Waals surface area contributed by atoms with Crippen LogP contribution in [-0.4, -0.2) is 41.8 Å². The van der Waals surface area contributed by atoms with E-state index < -0.39 is 12.2 Å². The minimum absolute atomic E-state index is 0.147. The normalized spacial score (nSPS) is 25.3. The molecule has 2 atom stereocenters. The highest BCUT2D eigenvalue weighted by molar-refractivity contribution is 5.85. The Morgan fingerprint density at radius 1 is 1.62 bits per heavy atom. The summed E-state index contributed by atoms with van der Waals surface area (Å²) < 4.78 is 4.48. The van der Waals surface area contributed by atoms with E-state index in [4.69, 9.17) is 0 Å². The smallest absolute Gasteiger partial charge is 0.325 e. The Labute approximate surface area is 95.4 Å². The summed E-state index contributed by atoms with van der Waals surface area (Å²) in [4.78, 5) is 24.1. The second-order valence-corrected chi connectivity index (χ2v) is 4.59. The number of nitrogens with zero attached hydrogens (tertiary/aromatic N) is 1. The quantitative estimate of drug-likeness (QED) is 0.707. The lowest BCUT2D eigenvalue weighted by Gasteiger charge is -2.18. The molecular formula is C11H19NO4. The second-order valence-electron chi connectivity index (χ2n) is 4.59. The molecule has 0 radical (unpaired) electrons. The van der Waals surface area contributed by atoms with Gasteiger partial charge in [-0.1, -0.05) is 13.8 Å². The van der Waals surface area contributed by atoms with Gasteiger partial charge >= 0.3 is 5.97 Å². The van der Waals surface area contributed by atoms with E-state index in [9.17, 15) is 14.7 Å². The van der Waals surface area contributed by atoms with E-state index in [0.717, 1.165) is 6.42 Å². The number of carbonyl (C=O) groups is 2. The van der Waals surface area contributed by atoms with Crippen molar-refractivity contribution in [3.05, 3.63) is 0 Å². The van der Waals surface area contributed by atoms with E-state index in [2.05, 4.69) is 4.74 Å². The van der Waals surface area contributed by atoms with Gasteiger partial charge in [0.2, 0.25) is 5.91 Å². The summed E-state index contributed by atoms with van der Waals surface area (Å²) in [6, 6.07) is 0. The third kappa shape index (κ3) is 2.95. The van der Waals surface area contributed by atoms with Gasteiger partial charge in [0.05, 0.1) is 7.11 Å². The molecule has 0 aromatic rings. The monoisotopic (exact) mass is 229 g/mol. The molecular weight excluding hydrogens is 210 g/mol.